The van der Waals surface area contributed by atoms with E-state index in [1.54, 1.807) is 0 Å². The van der Waals surface area contributed by atoms with Crippen LogP contribution in [-0.4, -0.2) is 30.2 Å². The van der Waals surface area contributed by atoms with Crippen LogP contribution < -0.4 is 0 Å². The van der Waals surface area contributed by atoms with Crippen molar-refractivity contribution in [2.45, 2.75) is 31.9 Å². The monoisotopic (exact) mass is 157 g/mol. The second kappa shape index (κ2) is 2.44. The lowest BCUT2D eigenvalue weighted by Gasteiger charge is -2.17. The highest BCUT2D eigenvalue weighted by molar-refractivity contribution is 4.97. The lowest BCUT2D eigenvalue weighted by Crippen LogP contribution is -2.29. The second-order valence-electron chi connectivity index (χ2n) is 4.28. The van der Waals surface area contributed by atoms with E-state index in [0.29, 0.717) is 6.54 Å². The molecule has 0 aromatic rings. The molecule has 1 aliphatic carbocycles. The zero-order valence-electron chi connectivity index (χ0n) is 7.15. The number of hydrogen-bond donors (Lipinski definition) is 0. The van der Waals surface area contributed by atoms with Crippen LogP contribution in [0, 0.1) is 5.92 Å². The summed E-state index contributed by atoms with van der Waals surface area (Å²) < 4.78 is 13.2. The van der Waals surface area contributed by atoms with Gasteiger partial charge in [-0.15, -0.1) is 0 Å². The van der Waals surface area contributed by atoms with E-state index >= 15 is 0 Å². The van der Waals surface area contributed by atoms with Crippen molar-refractivity contribution < 1.29 is 4.39 Å². The van der Waals surface area contributed by atoms with Gasteiger partial charge >= 0.3 is 0 Å². The number of rotatable bonds is 2. The van der Waals surface area contributed by atoms with Gasteiger partial charge < -0.3 is 0 Å². The predicted molar refractivity (Wildman–Crippen MR) is 43.3 cm³/mol. The van der Waals surface area contributed by atoms with Gasteiger partial charge in [0.05, 0.1) is 0 Å². The van der Waals surface area contributed by atoms with Gasteiger partial charge in [0.25, 0.3) is 0 Å². The molecule has 2 fully saturated rings. The first kappa shape index (κ1) is 7.53. The first-order chi connectivity index (χ1) is 5.18. The molecule has 0 aromatic carbocycles. The molecule has 0 amide bonds. The number of likely N-dealkylation sites (tertiary alicyclic amines) is 1. The SMILES string of the molecule is CC1CCN(CC2(F)CC2)C1. The third-order valence-corrected chi connectivity index (χ3v) is 2.81. The number of nitrogens with zero attached hydrogens (tertiary/aromatic N) is 1. The highest BCUT2D eigenvalue weighted by atomic mass is 19.1. The molecule has 64 valence electrons. The summed E-state index contributed by atoms with van der Waals surface area (Å²) in [4.78, 5) is 2.28. The van der Waals surface area contributed by atoms with Crippen LogP contribution >= 0.6 is 0 Å². The maximum absolute atomic E-state index is 13.2. The third kappa shape index (κ3) is 1.73. The van der Waals surface area contributed by atoms with E-state index in [-0.39, 0.29) is 0 Å². The van der Waals surface area contributed by atoms with Gasteiger partial charge in [0.15, 0.2) is 0 Å². The topological polar surface area (TPSA) is 3.24 Å². The summed E-state index contributed by atoms with van der Waals surface area (Å²) >= 11 is 0. The Bertz CT molecular complexity index is 154. The Morgan fingerprint density at radius 2 is 2.27 bits per heavy atom. The van der Waals surface area contributed by atoms with Crippen molar-refractivity contribution in [1.82, 2.24) is 4.90 Å². The largest absolute Gasteiger partial charge is 0.300 e. The fourth-order valence-electron chi connectivity index (χ4n) is 1.86. The van der Waals surface area contributed by atoms with Gasteiger partial charge in [0, 0.05) is 13.1 Å². The molecule has 1 atom stereocenters. The van der Waals surface area contributed by atoms with Crippen molar-refractivity contribution in [2.75, 3.05) is 19.6 Å². The van der Waals surface area contributed by atoms with Crippen LogP contribution in [-0.2, 0) is 0 Å². The van der Waals surface area contributed by atoms with Crippen molar-refractivity contribution in [3.05, 3.63) is 0 Å². The van der Waals surface area contributed by atoms with E-state index < -0.39 is 5.67 Å². The minimum Gasteiger partial charge on any atom is -0.300 e. The molecular weight excluding hydrogens is 141 g/mol. The first-order valence-electron chi connectivity index (χ1n) is 4.59. The van der Waals surface area contributed by atoms with Gasteiger partial charge in [-0.05, 0) is 31.7 Å². The molecular formula is C9H16FN. The van der Waals surface area contributed by atoms with Crippen molar-refractivity contribution in [3.8, 4) is 0 Å². The minimum absolute atomic E-state index is 0.706. The van der Waals surface area contributed by atoms with E-state index in [4.69, 9.17) is 0 Å². The summed E-state index contributed by atoms with van der Waals surface area (Å²) in [6, 6.07) is 0. The Morgan fingerprint density at radius 1 is 1.55 bits per heavy atom. The summed E-state index contributed by atoms with van der Waals surface area (Å²) in [7, 11) is 0. The standard InChI is InChI=1S/C9H16FN/c1-8-2-5-11(6-8)7-9(10)3-4-9/h8H,2-7H2,1H3. The zero-order chi connectivity index (χ0) is 7.90. The van der Waals surface area contributed by atoms with Crippen molar-refractivity contribution >= 4 is 0 Å². The molecule has 0 radical (unpaired) electrons. The summed E-state index contributed by atoms with van der Waals surface area (Å²) in [5.74, 6) is 0.789. The molecule has 1 aliphatic heterocycles. The summed E-state index contributed by atoms with van der Waals surface area (Å²) in [5.41, 5.74) is -0.774. The molecule has 2 aliphatic rings. The Kier molecular flexibility index (Phi) is 1.67. The first-order valence-corrected chi connectivity index (χ1v) is 4.59. The third-order valence-electron chi connectivity index (χ3n) is 2.81. The van der Waals surface area contributed by atoms with Gasteiger partial charge in [-0.25, -0.2) is 4.39 Å². The molecule has 11 heavy (non-hydrogen) atoms. The Balaban J connectivity index is 1.79. The van der Waals surface area contributed by atoms with E-state index in [1.165, 1.54) is 6.42 Å². The molecule has 1 saturated heterocycles. The summed E-state index contributed by atoms with van der Waals surface area (Å²) in [5, 5.41) is 0. The normalized spacial score (nSPS) is 36.0. The molecule has 2 rings (SSSR count). The van der Waals surface area contributed by atoms with Crippen LogP contribution in [0.25, 0.3) is 0 Å². The maximum atomic E-state index is 13.2. The molecule has 1 saturated carbocycles. The average Bonchev–Trinajstić information content (AvgIpc) is 2.49. The second-order valence-corrected chi connectivity index (χ2v) is 4.28. The van der Waals surface area contributed by atoms with Crippen LogP contribution in [0.1, 0.15) is 26.2 Å². The lowest BCUT2D eigenvalue weighted by molar-refractivity contribution is 0.199. The summed E-state index contributed by atoms with van der Waals surface area (Å²) in [6.45, 7) is 5.19. The maximum Gasteiger partial charge on any atom is 0.123 e. The number of hydrogen-bond acceptors (Lipinski definition) is 1. The highest BCUT2D eigenvalue weighted by Gasteiger charge is 2.45. The van der Waals surface area contributed by atoms with E-state index in [1.807, 2.05) is 0 Å². The molecule has 1 nitrogen and oxygen atoms in total. The molecule has 0 aromatic heterocycles. The van der Waals surface area contributed by atoms with Crippen LogP contribution in [0.15, 0.2) is 0 Å². The molecule has 0 spiro atoms. The van der Waals surface area contributed by atoms with Gasteiger partial charge in [-0.1, -0.05) is 6.92 Å². The zero-order valence-corrected chi connectivity index (χ0v) is 7.15. The fourth-order valence-corrected chi connectivity index (χ4v) is 1.86. The van der Waals surface area contributed by atoms with Gasteiger partial charge in [-0.2, -0.15) is 0 Å². The van der Waals surface area contributed by atoms with Gasteiger partial charge in [0.1, 0.15) is 5.67 Å². The molecule has 0 N–H and O–H groups in total. The van der Waals surface area contributed by atoms with Gasteiger partial charge in [0.2, 0.25) is 0 Å². The lowest BCUT2D eigenvalue weighted by atomic mass is 10.2. The van der Waals surface area contributed by atoms with E-state index in [2.05, 4.69) is 11.8 Å². The summed E-state index contributed by atoms with van der Waals surface area (Å²) in [6.07, 6.45) is 2.87. The Labute approximate surface area is 67.6 Å². The number of alkyl halides is 1. The highest BCUT2D eigenvalue weighted by Crippen LogP contribution is 2.41. The Morgan fingerprint density at radius 3 is 2.73 bits per heavy atom. The number of halogens is 1. The quantitative estimate of drug-likeness (QED) is 0.591. The fraction of sp³-hybridized carbons (Fsp3) is 1.00. The predicted octanol–water partition coefficient (Wildman–Crippen LogP) is 1.83. The van der Waals surface area contributed by atoms with Crippen LogP contribution in [0.5, 0.6) is 0 Å². The molecule has 0 bridgehead atoms. The van der Waals surface area contributed by atoms with Crippen molar-refractivity contribution in [1.29, 1.82) is 0 Å². The van der Waals surface area contributed by atoms with Crippen molar-refractivity contribution in [3.63, 3.8) is 0 Å². The Hall–Kier alpha value is -0.110. The van der Waals surface area contributed by atoms with E-state index in [0.717, 1.165) is 31.8 Å². The van der Waals surface area contributed by atoms with Crippen LogP contribution in [0.2, 0.25) is 0 Å². The average molecular weight is 157 g/mol. The molecule has 2 heteroatoms. The minimum atomic E-state index is -0.774. The van der Waals surface area contributed by atoms with Gasteiger partial charge in [-0.3, -0.25) is 4.90 Å². The molecule has 1 unspecified atom stereocenters. The van der Waals surface area contributed by atoms with E-state index in [9.17, 15) is 4.39 Å². The molecule has 1 heterocycles. The van der Waals surface area contributed by atoms with Crippen LogP contribution in [0.4, 0.5) is 4.39 Å². The smallest absolute Gasteiger partial charge is 0.123 e. The van der Waals surface area contributed by atoms with Crippen LogP contribution in [0.3, 0.4) is 0 Å². The van der Waals surface area contributed by atoms with Crippen molar-refractivity contribution in [2.24, 2.45) is 5.92 Å².